The van der Waals surface area contributed by atoms with E-state index in [1.807, 2.05) is 32.0 Å². The third-order valence-corrected chi connectivity index (χ3v) is 3.40. The molecule has 0 fully saturated rings. The monoisotopic (exact) mass is 323 g/mol. The second-order valence-corrected chi connectivity index (χ2v) is 5.49. The van der Waals surface area contributed by atoms with Crippen molar-refractivity contribution in [3.8, 4) is 0 Å². The van der Waals surface area contributed by atoms with Crippen LogP contribution in [-0.4, -0.2) is 21.0 Å². The number of carbonyl (C=O) groups is 1. The smallest absolute Gasteiger partial charge is 0.275 e. The van der Waals surface area contributed by atoms with Crippen LogP contribution in [0.3, 0.4) is 0 Å². The van der Waals surface area contributed by atoms with Gasteiger partial charge in [0.1, 0.15) is 11.5 Å². The molecule has 0 aliphatic rings. The second-order valence-electron chi connectivity index (χ2n) is 5.49. The molecule has 0 saturated heterocycles. The lowest BCUT2D eigenvalue weighted by Crippen LogP contribution is -2.15. The molecule has 7 nitrogen and oxygen atoms in total. The molecule has 122 valence electrons. The Morgan fingerprint density at radius 1 is 1.12 bits per heavy atom. The lowest BCUT2D eigenvalue weighted by Gasteiger charge is -2.09. The molecule has 24 heavy (non-hydrogen) atoms. The van der Waals surface area contributed by atoms with Crippen molar-refractivity contribution in [2.24, 2.45) is 0 Å². The van der Waals surface area contributed by atoms with E-state index in [4.69, 9.17) is 4.52 Å². The molecule has 0 atom stereocenters. The van der Waals surface area contributed by atoms with Crippen molar-refractivity contribution < 1.29 is 9.32 Å². The van der Waals surface area contributed by atoms with Gasteiger partial charge in [0.2, 0.25) is 5.95 Å². The van der Waals surface area contributed by atoms with Gasteiger partial charge >= 0.3 is 0 Å². The summed E-state index contributed by atoms with van der Waals surface area (Å²) in [5.74, 6) is 0.938. The maximum atomic E-state index is 12.2. The van der Waals surface area contributed by atoms with Crippen LogP contribution in [0.15, 0.2) is 41.1 Å². The predicted molar refractivity (Wildman–Crippen MR) is 90.4 cm³/mol. The number of benzene rings is 1. The Balaban J connectivity index is 1.78. The topological polar surface area (TPSA) is 92.9 Å². The zero-order chi connectivity index (χ0) is 17.1. The molecule has 7 heteroatoms. The summed E-state index contributed by atoms with van der Waals surface area (Å²) in [6.45, 7) is 5.75. The van der Waals surface area contributed by atoms with Crippen LogP contribution >= 0.6 is 0 Å². The van der Waals surface area contributed by atoms with Gasteiger partial charge in [-0.25, -0.2) is 9.97 Å². The molecule has 0 aliphatic heterocycles. The van der Waals surface area contributed by atoms with Gasteiger partial charge in [-0.2, -0.15) is 0 Å². The number of aromatic nitrogens is 3. The third-order valence-electron chi connectivity index (χ3n) is 3.40. The van der Waals surface area contributed by atoms with Crippen molar-refractivity contribution in [3.05, 3.63) is 59.1 Å². The van der Waals surface area contributed by atoms with Crippen LogP contribution in [0.25, 0.3) is 0 Å². The van der Waals surface area contributed by atoms with Gasteiger partial charge in [0.25, 0.3) is 5.91 Å². The maximum Gasteiger partial charge on any atom is 0.275 e. The van der Waals surface area contributed by atoms with Gasteiger partial charge in [-0.1, -0.05) is 17.3 Å². The van der Waals surface area contributed by atoms with Gasteiger partial charge in [-0.15, -0.1) is 0 Å². The van der Waals surface area contributed by atoms with Crippen LogP contribution in [0.4, 0.5) is 17.5 Å². The normalized spacial score (nSPS) is 10.5. The van der Waals surface area contributed by atoms with Gasteiger partial charge in [-0.3, -0.25) is 4.79 Å². The highest BCUT2D eigenvalue weighted by molar-refractivity contribution is 6.02. The zero-order valence-corrected chi connectivity index (χ0v) is 13.6. The molecule has 3 aromatic rings. The number of nitrogens with zero attached hydrogens (tertiary/aromatic N) is 3. The quantitative estimate of drug-likeness (QED) is 0.764. The fourth-order valence-electron chi connectivity index (χ4n) is 2.14. The summed E-state index contributed by atoms with van der Waals surface area (Å²) >= 11 is 0. The van der Waals surface area contributed by atoms with E-state index in [0.717, 1.165) is 16.8 Å². The first-order valence-electron chi connectivity index (χ1n) is 7.43. The molecule has 2 aromatic heterocycles. The average Bonchev–Trinajstić information content (AvgIpc) is 2.96. The van der Waals surface area contributed by atoms with Crippen molar-refractivity contribution in [1.29, 1.82) is 0 Å². The minimum absolute atomic E-state index is 0.235. The summed E-state index contributed by atoms with van der Waals surface area (Å²) in [6, 6.07) is 9.22. The van der Waals surface area contributed by atoms with E-state index in [1.165, 1.54) is 12.3 Å². The summed E-state index contributed by atoms with van der Waals surface area (Å²) in [4.78, 5) is 20.6. The largest absolute Gasteiger partial charge is 0.360 e. The number of anilines is 3. The first-order valence-corrected chi connectivity index (χ1v) is 7.43. The second kappa shape index (κ2) is 6.49. The van der Waals surface area contributed by atoms with Gasteiger partial charge in [-0.05, 0) is 44.0 Å². The molecule has 0 saturated carbocycles. The van der Waals surface area contributed by atoms with Crippen LogP contribution in [0, 0.1) is 20.8 Å². The average molecular weight is 323 g/mol. The van der Waals surface area contributed by atoms with E-state index in [-0.39, 0.29) is 11.6 Å². The molecule has 2 heterocycles. The first-order chi connectivity index (χ1) is 11.5. The minimum atomic E-state index is -0.380. The number of hydrogen-bond donors (Lipinski definition) is 2. The highest BCUT2D eigenvalue weighted by Crippen LogP contribution is 2.19. The Kier molecular flexibility index (Phi) is 4.24. The lowest BCUT2D eigenvalue weighted by atomic mass is 10.1. The Bertz CT molecular complexity index is 888. The van der Waals surface area contributed by atoms with Gasteiger partial charge in [0.15, 0.2) is 5.82 Å². The molecule has 2 N–H and O–H groups in total. The predicted octanol–water partition coefficient (Wildman–Crippen LogP) is 3.39. The van der Waals surface area contributed by atoms with Crippen molar-refractivity contribution >= 4 is 23.4 Å². The van der Waals surface area contributed by atoms with E-state index < -0.39 is 0 Å². The van der Waals surface area contributed by atoms with E-state index in [2.05, 4.69) is 25.8 Å². The Labute approximate surface area is 139 Å². The molecule has 3 rings (SSSR count). The van der Waals surface area contributed by atoms with Crippen LogP contribution in [-0.2, 0) is 0 Å². The molecule has 1 amide bonds. The Hall–Kier alpha value is -3.22. The Morgan fingerprint density at radius 2 is 1.96 bits per heavy atom. The standard InChI is InChI=1S/C17H17N5O2/c1-10-4-5-11(2)14(8-10)20-17-18-7-6-13(19-17)16(23)21-15-9-12(3)24-22-15/h4-9H,1-3H3,(H,18,19,20)(H,21,22,23). The molecule has 0 spiro atoms. The summed E-state index contributed by atoms with van der Waals surface area (Å²) in [7, 11) is 0. The summed E-state index contributed by atoms with van der Waals surface area (Å²) in [5, 5.41) is 9.50. The fraction of sp³-hybridized carbons (Fsp3) is 0.176. The van der Waals surface area contributed by atoms with E-state index in [9.17, 15) is 4.79 Å². The van der Waals surface area contributed by atoms with E-state index >= 15 is 0 Å². The molecular formula is C17H17N5O2. The lowest BCUT2D eigenvalue weighted by molar-refractivity contribution is 0.102. The number of nitrogens with one attached hydrogen (secondary N) is 2. The SMILES string of the molecule is Cc1ccc(C)c(Nc2nccc(C(=O)Nc3cc(C)on3)n2)c1. The third kappa shape index (κ3) is 3.57. The summed E-state index contributed by atoms with van der Waals surface area (Å²) in [6.07, 6.45) is 1.53. The molecular weight excluding hydrogens is 306 g/mol. The van der Waals surface area contributed by atoms with Gasteiger partial charge in [0, 0.05) is 18.0 Å². The molecule has 0 bridgehead atoms. The van der Waals surface area contributed by atoms with Crippen molar-refractivity contribution in [3.63, 3.8) is 0 Å². The molecule has 0 unspecified atom stereocenters. The van der Waals surface area contributed by atoms with Gasteiger partial charge < -0.3 is 15.2 Å². The number of carbonyl (C=O) groups excluding carboxylic acids is 1. The number of hydrogen-bond acceptors (Lipinski definition) is 6. The van der Waals surface area contributed by atoms with E-state index in [0.29, 0.717) is 17.5 Å². The van der Waals surface area contributed by atoms with Crippen LogP contribution in [0.1, 0.15) is 27.4 Å². The molecule has 1 aromatic carbocycles. The zero-order valence-electron chi connectivity index (χ0n) is 13.6. The number of amides is 1. The molecule has 0 radical (unpaired) electrons. The minimum Gasteiger partial charge on any atom is -0.360 e. The van der Waals surface area contributed by atoms with Crippen LogP contribution in [0.2, 0.25) is 0 Å². The maximum absolute atomic E-state index is 12.2. The van der Waals surface area contributed by atoms with Crippen LogP contribution < -0.4 is 10.6 Å². The number of aryl methyl sites for hydroxylation is 3. The fourth-order valence-corrected chi connectivity index (χ4v) is 2.14. The van der Waals surface area contributed by atoms with Gasteiger partial charge in [0.05, 0.1) is 0 Å². The summed E-state index contributed by atoms with van der Waals surface area (Å²) in [5.41, 5.74) is 3.33. The first kappa shape index (κ1) is 15.7. The summed E-state index contributed by atoms with van der Waals surface area (Å²) < 4.78 is 4.92. The Morgan fingerprint density at radius 3 is 2.71 bits per heavy atom. The molecule has 0 aliphatic carbocycles. The van der Waals surface area contributed by atoms with E-state index in [1.54, 1.807) is 13.0 Å². The van der Waals surface area contributed by atoms with Crippen molar-refractivity contribution in [1.82, 2.24) is 15.1 Å². The van der Waals surface area contributed by atoms with Crippen molar-refractivity contribution in [2.75, 3.05) is 10.6 Å². The highest BCUT2D eigenvalue weighted by atomic mass is 16.5. The van der Waals surface area contributed by atoms with Crippen LogP contribution in [0.5, 0.6) is 0 Å². The highest BCUT2D eigenvalue weighted by Gasteiger charge is 2.12. The van der Waals surface area contributed by atoms with Crippen molar-refractivity contribution in [2.45, 2.75) is 20.8 Å². The number of rotatable bonds is 4.